The highest BCUT2D eigenvalue weighted by Gasteiger charge is 2.29. The van der Waals surface area contributed by atoms with Gasteiger partial charge in [-0.3, -0.25) is 4.79 Å². The van der Waals surface area contributed by atoms with Crippen LogP contribution < -0.4 is 10.1 Å². The van der Waals surface area contributed by atoms with Crippen LogP contribution in [0.15, 0.2) is 34.9 Å². The van der Waals surface area contributed by atoms with Crippen molar-refractivity contribution in [2.45, 2.75) is 32.3 Å². The zero-order valence-corrected chi connectivity index (χ0v) is 15.9. The number of nitrogens with one attached hydrogen (secondary N) is 1. The number of para-hydroxylation sites is 2. The fraction of sp³-hybridized carbons (Fsp3) is 0.300. The summed E-state index contributed by atoms with van der Waals surface area (Å²) < 4.78 is 39.6. The van der Waals surface area contributed by atoms with Crippen LogP contribution in [-0.2, 0) is 9.53 Å². The third-order valence-corrected chi connectivity index (χ3v) is 4.56. The second-order valence-electron chi connectivity index (χ2n) is 6.82. The van der Waals surface area contributed by atoms with Crippen molar-refractivity contribution in [3.8, 4) is 5.75 Å². The lowest BCUT2D eigenvalue weighted by Crippen LogP contribution is -2.21. The number of halogens is 2. The van der Waals surface area contributed by atoms with Gasteiger partial charge in [0.1, 0.15) is 5.75 Å². The average molecular weight is 417 g/mol. The molecule has 1 aliphatic rings. The summed E-state index contributed by atoms with van der Waals surface area (Å²) in [6, 6.07) is 7.35. The maximum absolute atomic E-state index is 12.7. The molecule has 1 aliphatic carbocycles. The van der Waals surface area contributed by atoms with Crippen molar-refractivity contribution in [2.75, 3.05) is 11.9 Å². The van der Waals surface area contributed by atoms with E-state index in [0.717, 1.165) is 12.8 Å². The molecule has 1 fully saturated rings. The molecule has 1 saturated carbocycles. The Morgan fingerprint density at radius 2 is 2.07 bits per heavy atom. The number of rotatable bonds is 7. The van der Waals surface area contributed by atoms with E-state index in [-0.39, 0.29) is 28.6 Å². The molecule has 30 heavy (non-hydrogen) atoms. The van der Waals surface area contributed by atoms with Crippen molar-refractivity contribution in [1.29, 1.82) is 0 Å². The number of anilines is 1. The van der Waals surface area contributed by atoms with Crippen LogP contribution in [0.5, 0.6) is 5.75 Å². The van der Waals surface area contributed by atoms with E-state index in [1.54, 1.807) is 19.1 Å². The van der Waals surface area contributed by atoms with Gasteiger partial charge in [-0.15, -0.1) is 0 Å². The van der Waals surface area contributed by atoms with Gasteiger partial charge in [0.25, 0.3) is 11.6 Å². The summed E-state index contributed by atoms with van der Waals surface area (Å²) in [5.41, 5.74) is 1.69. The van der Waals surface area contributed by atoms with Crippen LogP contribution in [0.1, 0.15) is 40.5 Å². The molecule has 1 aromatic carbocycles. The van der Waals surface area contributed by atoms with Crippen LogP contribution in [0.3, 0.4) is 0 Å². The molecular formula is C20H17F2N3O5. The number of hydrogen-bond acceptors (Lipinski definition) is 7. The highest BCUT2D eigenvalue weighted by molar-refractivity contribution is 6.04. The van der Waals surface area contributed by atoms with E-state index in [9.17, 15) is 18.4 Å². The van der Waals surface area contributed by atoms with E-state index in [0.29, 0.717) is 16.8 Å². The maximum atomic E-state index is 12.7. The van der Waals surface area contributed by atoms with Crippen LogP contribution >= 0.6 is 0 Å². The van der Waals surface area contributed by atoms with Crippen molar-refractivity contribution in [3.05, 3.63) is 47.3 Å². The lowest BCUT2D eigenvalue weighted by Gasteiger charge is -2.12. The lowest BCUT2D eigenvalue weighted by atomic mass is 10.1. The van der Waals surface area contributed by atoms with Crippen LogP contribution in [-0.4, -0.2) is 35.2 Å². The summed E-state index contributed by atoms with van der Waals surface area (Å²) in [5, 5.41) is 6.66. The Morgan fingerprint density at radius 3 is 2.80 bits per heavy atom. The summed E-state index contributed by atoms with van der Waals surface area (Å²) >= 11 is 0. The van der Waals surface area contributed by atoms with Gasteiger partial charge in [0.2, 0.25) is 0 Å². The van der Waals surface area contributed by atoms with Gasteiger partial charge >= 0.3 is 12.6 Å². The molecule has 1 amide bonds. The van der Waals surface area contributed by atoms with Gasteiger partial charge in [0, 0.05) is 11.6 Å². The zero-order valence-electron chi connectivity index (χ0n) is 15.9. The standard InChI is InChI=1S/C20H17F2N3O5/c1-10-17-12(8-14(11-6-7-11)24-18(17)30-25-10)19(27)28-9-16(26)23-13-4-2-3-5-15(13)29-20(21)22/h2-5,8,11,20H,6-7,9H2,1H3,(H,23,26). The molecule has 1 N–H and O–H groups in total. The summed E-state index contributed by atoms with van der Waals surface area (Å²) in [6.07, 6.45) is 1.95. The zero-order chi connectivity index (χ0) is 21.3. The van der Waals surface area contributed by atoms with Crippen molar-refractivity contribution < 1.29 is 32.4 Å². The predicted molar refractivity (Wildman–Crippen MR) is 101 cm³/mol. The Bertz CT molecular complexity index is 1110. The Labute approximate surface area is 169 Å². The highest BCUT2D eigenvalue weighted by atomic mass is 19.3. The fourth-order valence-electron chi connectivity index (χ4n) is 3.03. The molecule has 156 valence electrons. The Kier molecular flexibility index (Phi) is 5.30. The van der Waals surface area contributed by atoms with Gasteiger partial charge < -0.3 is 19.3 Å². The number of aryl methyl sites for hydroxylation is 1. The van der Waals surface area contributed by atoms with Crippen LogP contribution in [0.4, 0.5) is 14.5 Å². The second-order valence-corrected chi connectivity index (χ2v) is 6.82. The minimum atomic E-state index is -3.04. The molecule has 0 radical (unpaired) electrons. The summed E-state index contributed by atoms with van der Waals surface area (Å²) in [4.78, 5) is 29.2. The van der Waals surface area contributed by atoms with E-state index in [2.05, 4.69) is 20.2 Å². The number of alkyl halides is 2. The molecule has 0 spiro atoms. The third-order valence-electron chi connectivity index (χ3n) is 4.56. The van der Waals surface area contributed by atoms with Gasteiger partial charge in [-0.05, 0) is 38.0 Å². The molecule has 0 aliphatic heterocycles. The number of carbonyl (C=O) groups excluding carboxylic acids is 2. The van der Waals surface area contributed by atoms with E-state index in [1.165, 1.54) is 18.2 Å². The number of aromatic nitrogens is 2. The van der Waals surface area contributed by atoms with Crippen LogP contribution in [0, 0.1) is 6.92 Å². The molecule has 0 bridgehead atoms. The smallest absolute Gasteiger partial charge is 0.387 e. The number of nitrogens with zero attached hydrogens (tertiary/aromatic N) is 2. The normalized spacial score (nSPS) is 13.5. The first-order chi connectivity index (χ1) is 14.4. The van der Waals surface area contributed by atoms with E-state index < -0.39 is 25.1 Å². The molecule has 0 unspecified atom stereocenters. The topological polar surface area (TPSA) is 104 Å². The number of esters is 1. The molecule has 2 heterocycles. The Balaban J connectivity index is 1.47. The highest BCUT2D eigenvalue weighted by Crippen LogP contribution is 2.40. The van der Waals surface area contributed by atoms with Gasteiger partial charge in [-0.1, -0.05) is 17.3 Å². The minimum Gasteiger partial charge on any atom is -0.452 e. The lowest BCUT2D eigenvalue weighted by molar-refractivity contribution is -0.119. The number of hydrogen-bond donors (Lipinski definition) is 1. The molecule has 0 saturated heterocycles. The van der Waals surface area contributed by atoms with Crippen molar-refractivity contribution >= 4 is 28.7 Å². The molecule has 8 nitrogen and oxygen atoms in total. The van der Waals surface area contributed by atoms with Gasteiger partial charge in [0.15, 0.2) is 6.61 Å². The van der Waals surface area contributed by atoms with E-state index in [1.807, 2.05) is 0 Å². The molecule has 4 rings (SSSR count). The number of fused-ring (bicyclic) bond motifs is 1. The van der Waals surface area contributed by atoms with E-state index >= 15 is 0 Å². The number of ether oxygens (including phenoxy) is 2. The van der Waals surface area contributed by atoms with Crippen LogP contribution in [0.2, 0.25) is 0 Å². The molecule has 10 heteroatoms. The SMILES string of the molecule is Cc1noc2nc(C3CC3)cc(C(=O)OCC(=O)Nc3ccccc3OC(F)F)c12. The third kappa shape index (κ3) is 4.22. The summed E-state index contributed by atoms with van der Waals surface area (Å²) in [5.74, 6) is -1.37. The number of amides is 1. The first kappa shape index (κ1) is 19.7. The van der Waals surface area contributed by atoms with E-state index in [4.69, 9.17) is 9.26 Å². The Hall–Kier alpha value is -3.56. The van der Waals surface area contributed by atoms with Gasteiger partial charge in [0.05, 0.1) is 22.3 Å². The molecule has 0 atom stereocenters. The largest absolute Gasteiger partial charge is 0.452 e. The Morgan fingerprint density at radius 1 is 1.30 bits per heavy atom. The molecular weight excluding hydrogens is 400 g/mol. The monoisotopic (exact) mass is 417 g/mol. The van der Waals surface area contributed by atoms with Crippen molar-refractivity contribution in [3.63, 3.8) is 0 Å². The summed E-state index contributed by atoms with van der Waals surface area (Å²) in [6.45, 7) is -1.98. The fourth-order valence-corrected chi connectivity index (χ4v) is 3.03. The predicted octanol–water partition coefficient (Wildman–Crippen LogP) is 3.81. The maximum Gasteiger partial charge on any atom is 0.387 e. The van der Waals surface area contributed by atoms with Gasteiger partial charge in [-0.2, -0.15) is 8.78 Å². The van der Waals surface area contributed by atoms with Crippen molar-refractivity contribution in [2.24, 2.45) is 0 Å². The average Bonchev–Trinajstić information content (AvgIpc) is 3.50. The first-order valence-corrected chi connectivity index (χ1v) is 9.20. The number of benzene rings is 1. The minimum absolute atomic E-state index is 0.0380. The molecule has 2 aromatic heterocycles. The number of pyridine rings is 1. The first-order valence-electron chi connectivity index (χ1n) is 9.20. The van der Waals surface area contributed by atoms with Crippen LogP contribution in [0.25, 0.3) is 11.1 Å². The second kappa shape index (κ2) is 8.05. The van der Waals surface area contributed by atoms with Crippen molar-refractivity contribution in [1.82, 2.24) is 10.1 Å². The summed E-state index contributed by atoms with van der Waals surface area (Å²) in [7, 11) is 0. The van der Waals surface area contributed by atoms with Gasteiger partial charge in [-0.25, -0.2) is 9.78 Å². The number of carbonyl (C=O) groups is 2. The molecule has 3 aromatic rings. The quantitative estimate of drug-likeness (QED) is 0.583.